The third-order valence-corrected chi connectivity index (χ3v) is 12.7. The van der Waals surface area contributed by atoms with Crippen LogP contribution in [0.3, 0.4) is 0 Å². The lowest BCUT2D eigenvalue weighted by Gasteiger charge is -2.71. The number of rotatable bonds is 1. The molecule has 0 amide bonds. The molecule has 28 heavy (non-hydrogen) atoms. The van der Waals surface area contributed by atoms with Crippen LogP contribution in [0, 0.1) is 57.2 Å². The Bertz CT molecular complexity index is 618. The van der Waals surface area contributed by atoms with Crippen molar-refractivity contribution in [3.63, 3.8) is 0 Å². The minimum Gasteiger partial charge on any atom is -0.0651 e. The van der Waals surface area contributed by atoms with Gasteiger partial charge < -0.3 is 0 Å². The molecule has 0 nitrogen and oxygen atoms in total. The standard InChI is InChI=1S/C28H48/c1-7-19-9-10-21-20(19)13-17-27(5)22(21)11-12-24-26(4)16-8-15-25(2,3)23(26)14-18-28(24,27)6/h19-24H,7-18H2,1-6H3/t19-,20-,21+,22-,23+,24-,26+,27-,28-/m1/s1. The molecular weight excluding hydrogens is 336 g/mol. The molecule has 0 bridgehead atoms. The molecule has 160 valence electrons. The van der Waals surface area contributed by atoms with E-state index in [-0.39, 0.29) is 0 Å². The number of fused-ring (bicyclic) bond motifs is 7. The second-order valence-electron chi connectivity index (χ2n) is 13.6. The van der Waals surface area contributed by atoms with E-state index < -0.39 is 0 Å². The first-order valence-corrected chi connectivity index (χ1v) is 13.2. The monoisotopic (exact) mass is 384 g/mol. The van der Waals surface area contributed by atoms with Crippen molar-refractivity contribution < 1.29 is 0 Å². The van der Waals surface area contributed by atoms with Crippen molar-refractivity contribution in [1.82, 2.24) is 0 Å². The van der Waals surface area contributed by atoms with E-state index in [1.807, 2.05) is 0 Å². The van der Waals surface area contributed by atoms with Gasteiger partial charge in [-0.25, -0.2) is 0 Å². The Kier molecular flexibility index (Phi) is 4.46. The van der Waals surface area contributed by atoms with E-state index >= 15 is 0 Å². The first-order valence-electron chi connectivity index (χ1n) is 13.2. The van der Waals surface area contributed by atoms with Gasteiger partial charge in [-0.2, -0.15) is 0 Å². The third-order valence-electron chi connectivity index (χ3n) is 12.7. The summed E-state index contributed by atoms with van der Waals surface area (Å²) in [6.45, 7) is 16.1. The molecule has 0 saturated heterocycles. The van der Waals surface area contributed by atoms with Crippen molar-refractivity contribution >= 4 is 0 Å². The summed E-state index contributed by atoms with van der Waals surface area (Å²) in [6.07, 6.45) is 18.3. The largest absolute Gasteiger partial charge is 0.0651 e. The van der Waals surface area contributed by atoms with Crippen LogP contribution >= 0.6 is 0 Å². The maximum Gasteiger partial charge on any atom is -0.0235 e. The molecule has 0 heteroatoms. The van der Waals surface area contributed by atoms with E-state index in [0.29, 0.717) is 21.7 Å². The molecule has 5 aliphatic carbocycles. The molecule has 5 saturated carbocycles. The summed E-state index contributed by atoms with van der Waals surface area (Å²) in [5.41, 5.74) is 2.41. The highest BCUT2D eigenvalue weighted by atomic mass is 14.7. The molecule has 5 fully saturated rings. The van der Waals surface area contributed by atoms with Gasteiger partial charge in [0.15, 0.2) is 0 Å². The van der Waals surface area contributed by atoms with Gasteiger partial charge in [0.05, 0.1) is 0 Å². The van der Waals surface area contributed by atoms with E-state index in [2.05, 4.69) is 41.5 Å². The predicted octanol–water partition coefficient (Wildman–Crippen LogP) is 8.50. The van der Waals surface area contributed by atoms with Crippen LogP contribution in [-0.4, -0.2) is 0 Å². The van der Waals surface area contributed by atoms with Gasteiger partial charge in [-0.1, -0.05) is 54.4 Å². The van der Waals surface area contributed by atoms with E-state index in [1.54, 1.807) is 38.5 Å². The highest BCUT2D eigenvalue weighted by molar-refractivity contribution is 5.16. The van der Waals surface area contributed by atoms with Crippen molar-refractivity contribution in [3.05, 3.63) is 0 Å². The fourth-order valence-electron chi connectivity index (χ4n) is 11.3. The van der Waals surface area contributed by atoms with Crippen LogP contribution < -0.4 is 0 Å². The second kappa shape index (κ2) is 6.26. The zero-order valence-corrected chi connectivity index (χ0v) is 19.9. The predicted molar refractivity (Wildman–Crippen MR) is 120 cm³/mol. The molecule has 0 N–H and O–H groups in total. The third kappa shape index (κ3) is 2.36. The van der Waals surface area contributed by atoms with Crippen molar-refractivity contribution in [1.29, 1.82) is 0 Å². The highest BCUT2D eigenvalue weighted by Gasteiger charge is 2.67. The fraction of sp³-hybridized carbons (Fsp3) is 1.00. The van der Waals surface area contributed by atoms with Gasteiger partial charge in [0.1, 0.15) is 0 Å². The van der Waals surface area contributed by atoms with Gasteiger partial charge in [-0.3, -0.25) is 0 Å². The van der Waals surface area contributed by atoms with Crippen LogP contribution in [0.4, 0.5) is 0 Å². The van der Waals surface area contributed by atoms with Crippen molar-refractivity contribution in [2.45, 2.75) is 119 Å². The Morgan fingerprint density at radius 2 is 1.39 bits per heavy atom. The smallest absolute Gasteiger partial charge is 0.0235 e. The number of hydrogen-bond donors (Lipinski definition) is 0. The average molecular weight is 385 g/mol. The summed E-state index contributed by atoms with van der Waals surface area (Å²) in [5.74, 6) is 6.23. The summed E-state index contributed by atoms with van der Waals surface area (Å²) in [5, 5.41) is 0. The summed E-state index contributed by atoms with van der Waals surface area (Å²) in [6, 6.07) is 0. The minimum atomic E-state index is 0.573. The van der Waals surface area contributed by atoms with Crippen molar-refractivity contribution in [2.24, 2.45) is 57.2 Å². The van der Waals surface area contributed by atoms with Crippen LogP contribution in [-0.2, 0) is 0 Å². The molecule has 0 heterocycles. The fourth-order valence-corrected chi connectivity index (χ4v) is 11.3. The van der Waals surface area contributed by atoms with Gasteiger partial charge in [-0.15, -0.1) is 0 Å². The number of hydrogen-bond acceptors (Lipinski definition) is 0. The van der Waals surface area contributed by atoms with Crippen molar-refractivity contribution in [3.8, 4) is 0 Å². The Hall–Kier alpha value is 0. The molecule has 9 atom stereocenters. The van der Waals surface area contributed by atoms with Gasteiger partial charge in [0.25, 0.3) is 0 Å². The average Bonchev–Trinajstić information content (AvgIpc) is 3.04. The Labute approximate surface area is 176 Å². The molecule has 0 unspecified atom stereocenters. The Balaban J connectivity index is 1.50. The first-order chi connectivity index (χ1) is 13.2. The summed E-state index contributed by atoms with van der Waals surface area (Å²) in [4.78, 5) is 0. The van der Waals surface area contributed by atoms with Gasteiger partial charge >= 0.3 is 0 Å². The van der Waals surface area contributed by atoms with Gasteiger partial charge in [0, 0.05) is 0 Å². The lowest BCUT2D eigenvalue weighted by atomic mass is 9.33. The molecule has 0 aliphatic heterocycles. The highest BCUT2D eigenvalue weighted by Crippen LogP contribution is 2.75. The zero-order chi connectivity index (χ0) is 19.9. The lowest BCUT2D eigenvalue weighted by Crippen LogP contribution is -2.64. The first kappa shape index (κ1) is 19.9. The molecule has 5 aliphatic rings. The van der Waals surface area contributed by atoms with E-state index in [0.717, 1.165) is 35.5 Å². The van der Waals surface area contributed by atoms with Crippen LogP contribution in [0.5, 0.6) is 0 Å². The molecule has 0 aromatic carbocycles. The maximum absolute atomic E-state index is 2.81. The maximum atomic E-state index is 2.81. The van der Waals surface area contributed by atoms with Crippen LogP contribution in [0.25, 0.3) is 0 Å². The van der Waals surface area contributed by atoms with E-state index in [4.69, 9.17) is 0 Å². The lowest BCUT2D eigenvalue weighted by molar-refractivity contribution is -0.227. The normalized spacial score (nSPS) is 57.6. The van der Waals surface area contributed by atoms with Crippen molar-refractivity contribution in [2.75, 3.05) is 0 Å². The quantitative estimate of drug-likeness (QED) is 0.425. The summed E-state index contributed by atoms with van der Waals surface area (Å²) in [7, 11) is 0. The molecule has 0 aromatic rings. The molecule has 5 rings (SSSR count). The van der Waals surface area contributed by atoms with E-state index in [9.17, 15) is 0 Å². The van der Waals surface area contributed by atoms with Crippen LogP contribution in [0.1, 0.15) is 119 Å². The summed E-state index contributed by atoms with van der Waals surface area (Å²) >= 11 is 0. The van der Waals surface area contributed by atoms with Gasteiger partial charge in [0.2, 0.25) is 0 Å². The Morgan fingerprint density at radius 3 is 2.14 bits per heavy atom. The second-order valence-corrected chi connectivity index (χ2v) is 13.6. The minimum absolute atomic E-state index is 0.573. The zero-order valence-electron chi connectivity index (χ0n) is 19.9. The van der Waals surface area contributed by atoms with Crippen LogP contribution in [0.15, 0.2) is 0 Å². The van der Waals surface area contributed by atoms with Crippen LogP contribution in [0.2, 0.25) is 0 Å². The summed E-state index contributed by atoms with van der Waals surface area (Å²) < 4.78 is 0. The van der Waals surface area contributed by atoms with Gasteiger partial charge in [-0.05, 0) is 121 Å². The molecule has 0 radical (unpaired) electrons. The molecular formula is C28H48. The Morgan fingerprint density at radius 1 is 0.643 bits per heavy atom. The molecule has 0 spiro atoms. The van der Waals surface area contributed by atoms with E-state index in [1.165, 1.54) is 38.5 Å². The SMILES string of the molecule is CC[C@@H]1CC[C@H]2[C@@H]1CC[C@]1(C)[C@@H]2CC[C@@H]2[C@@]3(C)CCCC(C)(C)[C@@H]3CC[C@]21C. The molecule has 0 aromatic heterocycles. The topological polar surface area (TPSA) is 0 Å².